The van der Waals surface area contributed by atoms with Gasteiger partial charge in [0.15, 0.2) is 0 Å². The van der Waals surface area contributed by atoms with Crippen molar-refractivity contribution in [3.8, 4) is 0 Å². The second-order valence-corrected chi connectivity index (χ2v) is 5.19. The van der Waals surface area contributed by atoms with Crippen molar-refractivity contribution in [3.63, 3.8) is 0 Å². The summed E-state index contributed by atoms with van der Waals surface area (Å²) in [5.74, 6) is 0. The minimum absolute atomic E-state index is 0.200. The fourth-order valence-corrected chi connectivity index (χ4v) is 3.02. The number of H-pyrrole nitrogens is 1. The van der Waals surface area contributed by atoms with Gasteiger partial charge >= 0.3 is 0 Å². The number of aromatic nitrogens is 1. The summed E-state index contributed by atoms with van der Waals surface area (Å²) in [4.78, 5) is 3.56. The minimum Gasteiger partial charge on any atom is -0.395 e. The van der Waals surface area contributed by atoms with Crippen molar-refractivity contribution in [1.82, 2.24) is 10.3 Å². The van der Waals surface area contributed by atoms with E-state index in [9.17, 15) is 0 Å². The monoisotopic (exact) mass is 244 g/mol. The van der Waals surface area contributed by atoms with E-state index >= 15 is 0 Å². The van der Waals surface area contributed by atoms with E-state index in [0.29, 0.717) is 12.6 Å². The number of hydrogen-bond acceptors (Lipinski definition) is 2. The summed E-state index contributed by atoms with van der Waals surface area (Å²) in [7, 11) is 0. The zero-order valence-corrected chi connectivity index (χ0v) is 10.8. The van der Waals surface area contributed by atoms with Crippen LogP contribution in [0.3, 0.4) is 0 Å². The van der Waals surface area contributed by atoms with Crippen LogP contribution in [0.2, 0.25) is 0 Å². The first-order valence-electron chi connectivity index (χ1n) is 6.75. The summed E-state index contributed by atoms with van der Waals surface area (Å²) >= 11 is 0. The molecule has 3 N–H and O–H groups in total. The van der Waals surface area contributed by atoms with Crippen LogP contribution in [0.4, 0.5) is 0 Å². The van der Waals surface area contributed by atoms with Crippen molar-refractivity contribution >= 4 is 10.9 Å². The Bertz CT molecular complexity index is 559. The topological polar surface area (TPSA) is 48.0 Å². The molecule has 1 atom stereocenters. The van der Waals surface area contributed by atoms with Gasteiger partial charge in [0.1, 0.15) is 0 Å². The molecule has 0 spiro atoms. The molecule has 0 saturated heterocycles. The average molecular weight is 244 g/mol. The Labute approximate surface area is 107 Å². The fraction of sp³-hybridized carbons (Fsp3) is 0.467. The average Bonchev–Trinajstić information content (AvgIpc) is 2.75. The molecule has 0 saturated carbocycles. The molecule has 0 unspecified atom stereocenters. The third-order valence-electron chi connectivity index (χ3n) is 3.87. The molecule has 1 aromatic heterocycles. The Morgan fingerprint density at radius 3 is 3.17 bits per heavy atom. The SMILES string of the molecule is Cc1ccc2[nH]c3c(c2c1)CCC[C@H]3NCCO. The highest BCUT2D eigenvalue weighted by atomic mass is 16.3. The van der Waals surface area contributed by atoms with Crippen LogP contribution >= 0.6 is 0 Å². The van der Waals surface area contributed by atoms with Crippen LogP contribution in [-0.2, 0) is 6.42 Å². The van der Waals surface area contributed by atoms with E-state index in [2.05, 4.69) is 35.4 Å². The van der Waals surface area contributed by atoms with Gasteiger partial charge in [-0.25, -0.2) is 0 Å². The fourth-order valence-electron chi connectivity index (χ4n) is 3.02. The highest BCUT2D eigenvalue weighted by molar-refractivity contribution is 5.85. The van der Waals surface area contributed by atoms with E-state index < -0.39 is 0 Å². The molecular weight excluding hydrogens is 224 g/mol. The molecule has 0 aliphatic heterocycles. The number of fused-ring (bicyclic) bond motifs is 3. The van der Waals surface area contributed by atoms with Gasteiger partial charge in [0.2, 0.25) is 0 Å². The predicted octanol–water partition coefficient (Wildman–Crippen LogP) is 2.44. The molecule has 96 valence electrons. The number of nitrogens with one attached hydrogen (secondary N) is 2. The van der Waals surface area contributed by atoms with Crippen LogP contribution in [0.5, 0.6) is 0 Å². The first-order chi connectivity index (χ1) is 8.79. The molecule has 3 rings (SSSR count). The van der Waals surface area contributed by atoms with Crippen molar-refractivity contribution in [2.24, 2.45) is 0 Å². The van der Waals surface area contributed by atoms with Crippen molar-refractivity contribution in [3.05, 3.63) is 35.0 Å². The summed E-state index contributed by atoms with van der Waals surface area (Å²) in [6.07, 6.45) is 3.53. The van der Waals surface area contributed by atoms with Gasteiger partial charge in [0, 0.05) is 29.2 Å². The first kappa shape index (κ1) is 11.8. The van der Waals surface area contributed by atoms with Gasteiger partial charge in [-0.05, 0) is 43.9 Å². The largest absolute Gasteiger partial charge is 0.395 e. The van der Waals surface area contributed by atoms with Gasteiger partial charge in [0.05, 0.1) is 6.61 Å². The molecule has 0 fully saturated rings. The van der Waals surface area contributed by atoms with E-state index in [0.717, 1.165) is 12.8 Å². The van der Waals surface area contributed by atoms with Crippen LogP contribution in [0.1, 0.15) is 35.7 Å². The van der Waals surface area contributed by atoms with E-state index in [1.807, 2.05) is 0 Å². The normalized spacial score (nSPS) is 19.1. The zero-order chi connectivity index (χ0) is 12.5. The lowest BCUT2D eigenvalue weighted by Crippen LogP contribution is -2.27. The second-order valence-electron chi connectivity index (χ2n) is 5.19. The second kappa shape index (κ2) is 4.75. The standard InChI is InChI=1S/C15H20N2O/c1-10-5-6-13-12(9-10)11-3-2-4-14(15(11)17-13)16-7-8-18/h5-6,9,14,16-18H,2-4,7-8H2,1H3/t14-/m1/s1. The van der Waals surface area contributed by atoms with Gasteiger partial charge in [-0.2, -0.15) is 0 Å². The van der Waals surface area contributed by atoms with Crippen molar-refractivity contribution in [1.29, 1.82) is 0 Å². The molecule has 0 bridgehead atoms. The van der Waals surface area contributed by atoms with Crippen LogP contribution < -0.4 is 5.32 Å². The van der Waals surface area contributed by atoms with Gasteiger partial charge in [0.25, 0.3) is 0 Å². The molecule has 1 heterocycles. The maximum absolute atomic E-state index is 8.95. The highest BCUT2D eigenvalue weighted by Crippen LogP contribution is 2.34. The van der Waals surface area contributed by atoms with E-state index in [4.69, 9.17) is 5.11 Å². The van der Waals surface area contributed by atoms with E-state index in [1.54, 1.807) is 0 Å². The Hall–Kier alpha value is -1.32. The maximum Gasteiger partial charge on any atom is 0.0556 e. The minimum atomic E-state index is 0.200. The van der Waals surface area contributed by atoms with Crippen LogP contribution in [-0.4, -0.2) is 23.2 Å². The summed E-state index contributed by atoms with van der Waals surface area (Å²) in [5, 5.41) is 13.7. The van der Waals surface area contributed by atoms with Crippen molar-refractivity contribution in [2.75, 3.05) is 13.2 Å². The zero-order valence-electron chi connectivity index (χ0n) is 10.8. The van der Waals surface area contributed by atoms with Crippen LogP contribution in [0.15, 0.2) is 18.2 Å². The van der Waals surface area contributed by atoms with Gasteiger partial charge < -0.3 is 15.4 Å². The highest BCUT2D eigenvalue weighted by Gasteiger charge is 2.23. The van der Waals surface area contributed by atoms with Gasteiger partial charge in [-0.1, -0.05) is 11.6 Å². The third kappa shape index (κ3) is 1.93. The molecule has 0 radical (unpaired) electrons. The third-order valence-corrected chi connectivity index (χ3v) is 3.87. The summed E-state index contributed by atoms with van der Waals surface area (Å²) in [6.45, 7) is 3.01. The molecule has 1 aromatic carbocycles. The van der Waals surface area contributed by atoms with Crippen LogP contribution in [0, 0.1) is 6.92 Å². The first-order valence-corrected chi connectivity index (χ1v) is 6.75. The number of aromatic amines is 1. The number of hydrogen-bond donors (Lipinski definition) is 3. The van der Waals surface area contributed by atoms with Crippen molar-refractivity contribution in [2.45, 2.75) is 32.2 Å². The lowest BCUT2D eigenvalue weighted by molar-refractivity contribution is 0.280. The molecule has 3 heteroatoms. The van der Waals surface area contributed by atoms with Crippen LogP contribution in [0.25, 0.3) is 10.9 Å². The molecule has 1 aliphatic rings. The molecule has 1 aliphatic carbocycles. The maximum atomic E-state index is 8.95. The Balaban J connectivity index is 2.04. The predicted molar refractivity (Wildman–Crippen MR) is 73.8 cm³/mol. The smallest absolute Gasteiger partial charge is 0.0556 e. The number of benzene rings is 1. The van der Waals surface area contributed by atoms with E-state index in [-0.39, 0.29) is 6.61 Å². The Kier molecular flexibility index (Phi) is 3.10. The van der Waals surface area contributed by atoms with Gasteiger partial charge in [-0.15, -0.1) is 0 Å². The molecule has 18 heavy (non-hydrogen) atoms. The van der Waals surface area contributed by atoms with E-state index in [1.165, 1.54) is 34.1 Å². The number of aliphatic hydroxyl groups is 1. The number of aryl methyl sites for hydroxylation is 2. The Morgan fingerprint density at radius 2 is 2.33 bits per heavy atom. The lowest BCUT2D eigenvalue weighted by Gasteiger charge is -2.23. The molecular formula is C15H20N2O. The quantitative estimate of drug-likeness (QED) is 0.776. The lowest BCUT2D eigenvalue weighted by atomic mass is 9.91. The molecule has 2 aromatic rings. The number of aliphatic hydroxyl groups excluding tert-OH is 1. The summed E-state index contributed by atoms with van der Waals surface area (Å²) in [6, 6.07) is 6.97. The van der Waals surface area contributed by atoms with Gasteiger partial charge in [-0.3, -0.25) is 0 Å². The summed E-state index contributed by atoms with van der Waals surface area (Å²) < 4.78 is 0. The number of rotatable bonds is 3. The summed E-state index contributed by atoms with van der Waals surface area (Å²) in [5.41, 5.74) is 5.35. The Morgan fingerprint density at radius 1 is 1.44 bits per heavy atom. The molecule has 3 nitrogen and oxygen atoms in total. The molecule has 0 amide bonds. The van der Waals surface area contributed by atoms with Crippen molar-refractivity contribution < 1.29 is 5.11 Å².